The van der Waals surface area contributed by atoms with Gasteiger partial charge in [-0.05, 0) is 71.7 Å². The second-order valence-corrected chi connectivity index (χ2v) is 10.5. The van der Waals surface area contributed by atoms with Crippen LogP contribution in [0.15, 0.2) is 114 Å². The van der Waals surface area contributed by atoms with Gasteiger partial charge in [0.25, 0.3) is 5.91 Å². The number of methoxy groups -OCH3 is 1. The van der Waals surface area contributed by atoms with E-state index in [1.807, 2.05) is 54.6 Å². The first-order chi connectivity index (χ1) is 22.0. The van der Waals surface area contributed by atoms with E-state index in [9.17, 15) is 27.9 Å². The molecule has 46 heavy (non-hydrogen) atoms. The fourth-order valence-electron chi connectivity index (χ4n) is 5.03. The maximum atomic E-state index is 13.3. The Morgan fingerprint density at radius 3 is 2.20 bits per heavy atom. The number of amides is 2. The van der Waals surface area contributed by atoms with Crippen molar-refractivity contribution >= 4 is 24.0 Å². The van der Waals surface area contributed by atoms with Gasteiger partial charge in [0.1, 0.15) is 18.1 Å². The molecule has 1 atom stereocenters. The highest BCUT2D eigenvalue weighted by atomic mass is 19.4. The molecule has 1 heterocycles. The molecule has 4 aromatic carbocycles. The Balaban J connectivity index is 1.48. The minimum atomic E-state index is -4.66. The van der Waals surface area contributed by atoms with Crippen LogP contribution in [0.2, 0.25) is 0 Å². The van der Waals surface area contributed by atoms with E-state index in [0.29, 0.717) is 41.9 Å². The summed E-state index contributed by atoms with van der Waals surface area (Å²) < 4.78 is 51.1. The number of carbonyl (C=O) groups excluding carboxylic acids is 1. The standard InChI is InChI=1S/C35H30F3N3O5/c1-40-30(19-23-13-17-29(18-14-23)46-22-25-7-4-3-5-8-25)31(20-24-11-15-28(45-2)16-12-24)41(34(43)44)33(40)39-32(42)26-9-6-10-27(21-26)35(36,37)38/h3-18,20-21,30H,19,22H2,1-2H3,(H,43,44)/b31-20-,39-33+. The summed E-state index contributed by atoms with van der Waals surface area (Å²) in [6, 6.07) is 27.3. The van der Waals surface area contributed by atoms with E-state index in [1.54, 1.807) is 37.4 Å². The van der Waals surface area contributed by atoms with Gasteiger partial charge in [-0.25, -0.2) is 9.69 Å². The zero-order chi connectivity index (χ0) is 32.8. The average molecular weight is 630 g/mol. The summed E-state index contributed by atoms with van der Waals surface area (Å²) in [4.78, 5) is 32.3. The largest absolute Gasteiger partial charge is 0.497 e. The SMILES string of the molecule is COc1ccc(/C=C2/C(Cc3ccc(OCc4ccccc4)cc3)N(C)/C(=N\C(=O)c3cccc(C(F)(F)F)c3)N2C(=O)O)cc1. The van der Waals surface area contributed by atoms with E-state index in [4.69, 9.17) is 9.47 Å². The molecule has 0 bridgehead atoms. The highest BCUT2D eigenvalue weighted by Crippen LogP contribution is 2.33. The van der Waals surface area contributed by atoms with Crippen molar-refractivity contribution in [2.24, 2.45) is 4.99 Å². The van der Waals surface area contributed by atoms with Crippen molar-refractivity contribution < 1.29 is 37.3 Å². The third-order valence-electron chi connectivity index (χ3n) is 7.44. The van der Waals surface area contributed by atoms with E-state index in [2.05, 4.69) is 4.99 Å². The molecule has 2 amide bonds. The summed E-state index contributed by atoms with van der Waals surface area (Å²) >= 11 is 0. The number of carboxylic acid groups (broad SMARTS) is 1. The van der Waals surface area contributed by atoms with Crippen LogP contribution in [0.25, 0.3) is 6.08 Å². The van der Waals surface area contributed by atoms with Crippen LogP contribution >= 0.6 is 0 Å². The summed E-state index contributed by atoms with van der Waals surface area (Å²) in [5.41, 5.74) is 1.50. The number of likely N-dealkylation sites (N-methyl/N-ethyl adjacent to an activating group) is 1. The van der Waals surface area contributed by atoms with Crippen molar-refractivity contribution in [2.45, 2.75) is 25.2 Å². The van der Waals surface area contributed by atoms with Crippen LogP contribution in [0, 0.1) is 0 Å². The molecule has 0 spiro atoms. The number of hydrogen-bond acceptors (Lipinski definition) is 4. The second-order valence-electron chi connectivity index (χ2n) is 10.5. The first kappa shape index (κ1) is 31.8. The molecule has 0 saturated carbocycles. The molecule has 0 aromatic heterocycles. The monoisotopic (exact) mass is 629 g/mol. The molecule has 1 aliphatic rings. The zero-order valence-corrected chi connectivity index (χ0v) is 24.9. The molecule has 8 nitrogen and oxygen atoms in total. The Bertz CT molecular complexity index is 1760. The highest BCUT2D eigenvalue weighted by molar-refractivity contribution is 6.08. The number of rotatable bonds is 8. The lowest BCUT2D eigenvalue weighted by Gasteiger charge is -2.20. The van der Waals surface area contributed by atoms with Crippen LogP contribution in [0.1, 0.15) is 32.6 Å². The summed E-state index contributed by atoms with van der Waals surface area (Å²) in [7, 11) is 3.12. The fourth-order valence-corrected chi connectivity index (χ4v) is 5.03. The van der Waals surface area contributed by atoms with E-state index in [1.165, 1.54) is 18.1 Å². The van der Waals surface area contributed by atoms with Crippen LogP contribution in [0.5, 0.6) is 11.5 Å². The summed E-state index contributed by atoms with van der Waals surface area (Å²) in [5, 5.41) is 10.3. The quantitative estimate of drug-likeness (QED) is 0.219. The maximum Gasteiger partial charge on any atom is 0.418 e. The van der Waals surface area contributed by atoms with Gasteiger partial charge in [0.15, 0.2) is 0 Å². The predicted molar refractivity (Wildman–Crippen MR) is 167 cm³/mol. The number of aliphatic imine (C=N–C) groups is 1. The van der Waals surface area contributed by atoms with Crippen LogP contribution in [0.3, 0.4) is 0 Å². The number of alkyl halides is 3. The van der Waals surface area contributed by atoms with Crippen molar-refractivity contribution in [1.29, 1.82) is 0 Å². The van der Waals surface area contributed by atoms with Gasteiger partial charge in [-0.2, -0.15) is 18.2 Å². The predicted octanol–water partition coefficient (Wildman–Crippen LogP) is 7.37. The van der Waals surface area contributed by atoms with Crippen LogP contribution < -0.4 is 9.47 Å². The Labute approximate surface area is 263 Å². The molecule has 0 aliphatic carbocycles. The number of halogens is 3. The molecule has 1 unspecified atom stereocenters. The van der Waals surface area contributed by atoms with Gasteiger partial charge in [0, 0.05) is 12.6 Å². The Morgan fingerprint density at radius 2 is 1.57 bits per heavy atom. The van der Waals surface area contributed by atoms with Crippen LogP contribution in [-0.2, 0) is 19.2 Å². The van der Waals surface area contributed by atoms with Gasteiger partial charge < -0.3 is 19.5 Å². The molecule has 1 saturated heterocycles. The molecule has 236 valence electrons. The first-order valence-electron chi connectivity index (χ1n) is 14.2. The van der Waals surface area contributed by atoms with E-state index in [-0.39, 0.29) is 11.5 Å². The number of carbonyl (C=O) groups is 2. The van der Waals surface area contributed by atoms with Gasteiger partial charge in [-0.1, -0.05) is 60.7 Å². The number of nitrogens with zero attached hydrogens (tertiary/aromatic N) is 3. The van der Waals surface area contributed by atoms with Gasteiger partial charge in [-0.15, -0.1) is 0 Å². The van der Waals surface area contributed by atoms with Crippen molar-refractivity contribution in [3.63, 3.8) is 0 Å². The van der Waals surface area contributed by atoms with E-state index >= 15 is 0 Å². The molecular formula is C35H30F3N3O5. The normalized spacial score (nSPS) is 16.6. The molecular weight excluding hydrogens is 599 g/mol. The lowest BCUT2D eigenvalue weighted by atomic mass is 10.0. The highest BCUT2D eigenvalue weighted by Gasteiger charge is 2.42. The smallest absolute Gasteiger partial charge is 0.418 e. The third-order valence-corrected chi connectivity index (χ3v) is 7.44. The Hall–Kier alpha value is -5.58. The van der Waals surface area contributed by atoms with Crippen LogP contribution in [0.4, 0.5) is 18.0 Å². The minimum Gasteiger partial charge on any atom is -0.497 e. The molecule has 5 rings (SSSR count). The first-order valence-corrected chi connectivity index (χ1v) is 14.2. The summed E-state index contributed by atoms with van der Waals surface area (Å²) in [5.74, 6) is 0.0226. The Morgan fingerprint density at radius 1 is 0.891 bits per heavy atom. The molecule has 1 aliphatic heterocycles. The lowest BCUT2D eigenvalue weighted by molar-refractivity contribution is -0.137. The van der Waals surface area contributed by atoms with E-state index < -0.39 is 29.8 Å². The van der Waals surface area contributed by atoms with Gasteiger partial charge in [-0.3, -0.25) is 4.79 Å². The second kappa shape index (κ2) is 13.6. The number of guanidine groups is 1. The molecule has 11 heteroatoms. The number of ether oxygens (including phenoxy) is 2. The van der Waals surface area contributed by atoms with Crippen LogP contribution in [-0.4, -0.2) is 53.1 Å². The van der Waals surface area contributed by atoms with Gasteiger partial charge in [0.05, 0.1) is 24.4 Å². The Kier molecular flexibility index (Phi) is 9.41. The molecule has 4 aromatic rings. The third kappa shape index (κ3) is 7.37. The summed E-state index contributed by atoms with van der Waals surface area (Å²) in [6.07, 6.45) is -4.09. The van der Waals surface area contributed by atoms with Crippen molar-refractivity contribution in [3.8, 4) is 11.5 Å². The van der Waals surface area contributed by atoms with Gasteiger partial charge >= 0.3 is 12.3 Å². The lowest BCUT2D eigenvalue weighted by Crippen LogP contribution is -2.36. The average Bonchev–Trinajstić information content (AvgIpc) is 3.30. The molecule has 1 fully saturated rings. The topological polar surface area (TPSA) is 91.7 Å². The van der Waals surface area contributed by atoms with Crippen molar-refractivity contribution in [2.75, 3.05) is 14.2 Å². The molecule has 1 N–H and O–H groups in total. The van der Waals surface area contributed by atoms with E-state index in [0.717, 1.165) is 28.2 Å². The van der Waals surface area contributed by atoms with Gasteiger partial charge in [0.2, 0.25) is 5.96 Å². The summed E-state index contributed by atoms with van der Waals surface area (Å²) in [6.45, 7) is 0.396. The van der Waals surface area contributed by atoms with Crippen molar-refractivity contribution in [1.82, 2.24) is 9.80 Å². The number of hydrogen-bond donors (Lipinski definition) is 1. The minimum absolute atomic E-state index is 0.234. The van der Waals surface area contributed by atoms with Crippen molar-refractivity contribution in [3.05, 3.63) is 137 Å². The molecule has 0 radical (unpaired) electrons. The number of benzene rings is 4. The fraction of sp³-hybridized carbons (Fsp3) is 0.171. The maximum absolute atomic E-state index is 13.3. The zero-order valence-electron chi connectivity index (χ0n) is 24.9.